The molecule has 0 aliphatic carbocycles. The van der Waals surface area contributed by atoms with Gasteiger partial charge in [0.05, 0.1) is 0 Å². The molecular weight excluding hydrogens is 252 g/mol. The summed E-state index contributed by atoms with van der Waals surface area (Å²) in [5.41, 5.74) is 0. The lowest BCUT2D eigenvalue weighted by Crippen LogP contribution is -1.81. The van der Waals surface area contributed by atoms with Crippen LogP contribution in [0.15, 0.2) is 66.7 Å². The fourth-order valence-corrected chi connectivity index (χ4v) is 3.09. The van der Waals surface area contributed by atoms with Crippen LogP contribution in [0.1, 0.15) is 0 Å². The van der Waals surface area contributed by atoms with Gasteiger partial charge in [0, 0.05) is 10.4 Å². The van der Waals surface area contributed by atoms with Gasteiger partial charge in [-0.3, -0.25) is 0 Å². The molecular formula is C18H11Cl. The highest BCUT2D eigenvalue weighted by Crippen LogP contribution is 2.35. The largest absolute Gasteiger partial charge is 0.0836 e. The summed E-state index contributed by atoms with van der Waals surface area (Å²) in [6.45, 7) is 0. The average molecular weight is 263 g/mol. The van der Waals surface area contributed by atoms with E-state index in [1.165, 1.54) is 26.9 Å². The Morgan fingerprint density at radius 3 is 2.00 bits per heavy atom. The lowest BCUT2D eigenvalue weighted by Gasteiger charge is -2.09. The molecule has 0 aromatic heterocycles. The third-order valence-electron chi connectivity index (χ3n) is 3.72. The Hall–Kier alpha value is -2.05. The zero-order valence-corrected chi connectivity index (χ0v) is 11.0. The molecule has 90 valence electrons. The van der Waals surface area contributed by atoms with Gasteiger partial charge in [-0.05, 0) is 33.0 Å². The number of hydrogen-bond acceptors (Lipinski definition) is 0. The van der Waals surface area contributed by atoms with Gasteiger partial charge in [0.2, 0.25) is 0 Å². The van der Waals surface area contributed by atoms with Crippen molar-refractivity contribution >= 4 is 43.9 Å². The van der Waals surface area contributed by atoms with E-state index < -0.39 is 0 Å². The van der Waals surface area contributed by atoms with Crippen LogP contribution >= 0.6 is 11.6 Å². The van der Waals surface area contributed by atoms with E-state index in [0.29, 0.717) is 0 Å². The Morgan fingerprint density at radius 2 is 1.16 bits per heavy atom. The summed E-state index contributed by atoms with van der Waals surface area (Å²) in [6.07, 6.45) is 0. The van der Waals surface area contributed by atoms with Crippen molar-refractivity contribution in [2.45, 2.75) is 0 Å². The molecule has 19 heavy (non-hydrogen) atoms. The van der Waals surface area contributed by atoms with Crippen LogP contribution in [0.4, 0.5) is 0 Å². The molecule has 0 fully saturated rings. The molecule has 0 amide bonds. The molecule has 4 aromatic carbocycles. The Balaban J connectivity index is 2.34. The maximum absolute atomic E-state index is 6.44. The molecule has 0 N–H and O–H groups in total. The van der Waals surface area contributed by atoms with Crippen molar-refractivity contribution in [2.24, 2.45) is 0 Å². The fraction of sp³-hybridized carbons (Fsp3) is 0. The zero-order valence-electron chi connectivity index (χ0n) is 10.2. The van der Waals surface area contributed by atoms with Gasteiger partial charge >= 0.3 is 0 Å². The summed E-state index contributed by atoms with van der Waals surface area (Å²) in [5.74, 6) is 0. The Kier molecular flexibility index (Phi) is 2.27. The van der Waals surface area contributed by atoms with E-state index in [1.54, 1.807) is 0 Å². The van der Waals surface area contributed by atoms with Gasteiger partial charge in [0.1, 0.15) is 0 Å². The van der Waals surface area contributed by atoms with Gasteiger partial charge in [-0.25, -0.2) is 0 Å². The van der Waals surface area contributed by atoms with E-state index in [-0.39, 0.29) is 0 Å². The van der Waals surface area contributed by atoms with E-state index >= 15 is 0 Å². The molecule has 0 nitrogen and oxygen atoms in total. The monoisotopic (exact) mass is 262 g/mol. The molecule has 0 aliphatic rings. The summed E-state index contributed by atoms with van der Waals surface area (Å²) >= 11 is 6.44. The molecule has 4 rings (SSSR count). The van der Waals surface area contributed by atoms with Gasteiger partial charge in [0.15, 0.2) is 0 Å². The summed E-state index contributed by atoms with van der Waals surface area (Å²) in [6, 6.07) is 23.2. The second-order valence-corrected chi connectivity index (χ2v) is 5.19. The van der Waals surface area contributed by atoms with Crippen molar-refractivity contribution in [3.8, 4) is 0 Å². The molecule has 0 saturated heterocycles. The predicted molar refractivity (Wildman–Crippen MR) is 84.0 cm³/mol. The van der Waals surface area contributed by atoms with Gasteiger partial charge in [-0.1, -0.05) is 72.3 Å². The van der Waals surface area contributed by atoms with Crippen LogP contribution in [0.2, 0.25) is 5.02 Å². The van der Waals surface area contributed by atoms with Crippen molar-refractivity contribution in [1.82, 2.24) is 0 Å². The molecule has 0 saturated carbocycles. The summed E-state index contributed by atoms with van der Waals surface area (Å²) in [5, 5.41) is 8.15. The van der Waals surface area contributed by atoms with Crippen LogP contribution < -0.4 is 0 Å². The fourth-order valence-electron chi connectivity index (χ4n) is 2.82. The van der Waals surface area contributed by atoms with Crippen LogP contribution in [-0.2, 0) is 0 Å². The summed E-state index contributed by atoms with van der Waals surface area (Å²) in [4.78, 5) is 0. The van der Waals surface area contributed by atoms with Crippen molar-refractivity contribution < 1.29 is 0 Å². The van der Waals surface area contributed by atoms with Gasteiger partial charge in [0.25, 0.3) is 0 Å². The number of halogens is 1. The molecule has 0 unspecified atom stereocenters. The predicted octanol–water partition coefficient (Wildman–Crippen LogP) is 5.80. The van der Waals surface area contributed by atoms with E-state index in [9.17, 15) is 0 Å². The SMILES string of the molecule is Clc1cc2c3ccccc3ccc2c2ccccc12. The molecule has 1 heteroatoms. The van der Waals surface area contributed by atoms with E-state index in [2.05, 4.69) is 60.7 Å². The highest BCUT2D eigenvalue weighted by molar-refractivity contribution is 6.38. The van der Waals surface area contributed by atoms with Gasteiger partial charge in [-0.2, -0.15) is 0 Å². The number of hydrogen-bond donors (Lipinski definition) is 0. The quantitative estimate of drug-likeness (QED) is 0.351. The lowest BCUT2D eigenvalue weighted by atomic mass is 9.97. The van der Waals surface area contributed by atoms with Crippen LogP contribution in [0, 0.1) is 0 Å². The number of benzene rings is 4. The topological polar surface area (TPSA) is 0 Å². The third kappa shape index (κ3) is 1.54. The van der Waals surface area contributed by atoms with E-state index in [4.69, 9.17) is 11.6 Å². The van der Waals surface area contributed by atoms with Gasteiger partial charge in [-0.15, -0.1) is 0 Å². The minimum atomic E-state index is 0.819. The first-order valence-electron chi connectivity index (χ1n) is 6.33. The third-order valence-corrected chi connectivity index (χ3v) is 4.03. The second-order valence-electron chi connectivity index (χ2n) is 4.79. The highest BCUT2D eigenvalue weighted by Gasteiger charge is 2.07. The number of fused-ring (bicyclic) bond motifs is 5. The van der Waals surface area contributed by atoms with Crippen molar-refractivity contribution in [3.05, 3.63) is 71.8 Å². The van der Waals surface area contributed by atoms with Crippen molar-refractivity contribution in [2.75, 3.05) is 0 Å². The minimum Gasteiger partial charge on any atom is -0.0836 e. The lowest BCUT2D eigenvalue weighted by molar-refractivity contribution is 1.77. The van der Waals surface area contributed by atoms with E-state index in [1.807, 2.05) is 6.07 Å². The van der Waals surface area contributed by atoms with Crippen LogP contribution in [0.25, 0.3) is 32.3 Å². The first-order valence-corrected chi connectivity index (χ1v) is 6.71. The van der Waals surface area contributed by atoms with Gasteiger partial charge < -0.3 is 0 Å². The van der Waals surface area contributed by atoms with E-state index in [0.717, 1.165) is 10.4 Å². The molecule has 0 atom stereocenters. The first kappa shape index (κ1) is 10.8. The first-order chi connectivity index (χ1) is 9.34. The van der Waals surface area contributed by atoms with Crippen molar-refractivity contribution in [3.63, 3.8) is 0 Å². The van der Waals surface area contributed by atoms with Crippen molar-refractivity contribution in [1.29, 1.82) is 0 Å². The standard InChI is InChI=1S/C18H11Cl/c19-18-11-17-13-6-2-1-5-12(13)9-10-15(17)14-7-3-4-8-16(14)18/h1-11H. The molecule has 4 aromatic rings. The molecule has 0 aliphatic heterocycles. The summed E-state index contributed by atoms with van der Waals surface area (Å²) < 4.78 is 0. The van der Waals surface area contributed by atoms with Crippen LogP contribution in [0.3, 0.4) is 0 Å². The second kappa shape index (κ2) is 3.97. The normalized spacial score (nSPS) is 11.4. The highest BCUT2D eigenvalue weighted by atomic mass is 35.5. The molecule has 0 spiro atoms. The van der Waals surface area contributed by atoms with Crippen LogP contribution in [0.5, 0.6) is 0 Å². The maximum atomic E-state index is 6.44. The Morgan fingerprint density at radius 1 is 0.526 bits per heavy atom. The molecule has 0 bridgehead atoms. The smallest absolute Gasteiger partial charge is 0.0491 e. The molecule has 0 radical (unpaired) electrons. The number of rotatable bonds is 0. The maximum Gasteiger partial charge on any atom is 0.0491 e. The van der Waals surface area contributed by atoms with Crippen LogP contribution in [-0.4, -0.2) is 0 Å². The summed E-state index contributed by atoms with van der Waals surface area (Å²) in [7, 11) is 0. The Bertz CT molecular complexity index is 922. The minimum absolute atomic E-state index is 0.819. The average Bonchev–Trinajstić information content (AvgIpc) is 2.47. The zero-order chi connectivity index (χ0) is 12.8. The molecule has 0 heterocycles. The Labute approximate surface area is 116 Å².